The van der Waals surface area contributed by atoms with E-state index in [4.69, 9.17) is 16.3 Å². The van der Waals surface area contributed by atoms with Crippen LogP contribution in [-0.4, -0.2) is 16.9 Å². The number of carbonyl (C=O) groups excluding carboxylic acids is 1. The topological polar surface area (TPSA) is 48.3 Å². The number of hydrogen-bond donors (Lipinski definition) is 0. The SMILES string of the molecule is CCn1c(-c2cccc(OC)c2)ccc(CC(=O)Cl)c1=O. The second-order valence-corrected chi connectivity index (χ2v) is 4.98. The minimum atomic E-state index is -0.538. The van der Waals surface area contributed by atoms with Crippen molar-refractivity contribution in [1.29, 1.82) is 0 Å². The summed E-state index contributed by atoms with van der Waals surface area (Å²) >= 11 is 5.37. The minimum Gasteiger partial charge on any atom is -0.497 e. The monoisotopic (exact) mass is 305 g/mol. The molecule has 0 saturated heterocycles. The summed E-state index contributed by atoms with van der Waals surface area (Å²) in [6, 6.07) is 11.0. The molecule has 0 saturated carbocycles. The quantitative estimate of drug-likeness (QED) is 0.798. The summed E-state index contributed by atoms with van der Waals surface area (Å²) in [7, 11) is 1.60. The number of benzene rings is 1. The van der Waals surface area contributed by atoms with E-state index in [1.165, 1.54) is 0 Å². The lowest BCUT2D eigenvalue weighted by molar-refractivity contribution is -0.111. The molecule has 110 valence electrons. The van der Waals surface area contributed by atoms with Gasteiger partial charge in [-0.2, -0.15) is 0 Å². The van der Waals surface area contributed by atoms with E-state index in [9.17, 15) is 9.59 Å². The Balaban J connectivity index is 2.56. The molecular formula is C16H16ClNO3. The summed E-state index contributed by atoms with van der Waals surface area (Å²) in [5.41, 5.74) is 1.89. The smallest absolute Gasteiger partial charge is 0.254 e. The van der Waals surface area contributed by atoms with Crippen LogP contribution in [0, 0.1) is 0 Å². The Hall–Kier alpha value is -2.07. The van der Waals surface area contributed by atoms with Gasteiger partial charge in [0, 0.05) is 17.7 Å². The molecule has 0 aliphatic rings. The van der Waals surface area contributed by atoms with E-state index in [2.05, 4.69) is 0 Å². The molecule has 2 aromatic rings. The van der Waals surface area contributed by atoms with Crippen molar-refractivity contribution in [2.24, 2.45) is 0 Å². The maximum absolute atomic E-state index is 12.4. The summed E-state index contributed by atoms with van der Waals surface area (Å²) in [6.45, 7) is 2.40. The summed E-state index contributed by atoms with van der Waals surface area (Å²) in [6.07, 6.45) is -0.0568. The van der Waals surface area contributed by atoms with Crippen LogP contribution in [0.15, 0.2) is 41.2 Å². The van der Waals surface area contributed by atoms with Crippen LogP contribution >= 0.6 is 11.6 Å². The first-order valence-electron chi connectivity index (χ1n) is 6.62. The zero-order chi connectivity index (χ0) is 15.4. The summed E-state index contributed by atoms with van der Waals surface area (Å²) in [4.78, 5) is 23.4. The number of nitrogens with zero attached hydrogens (tertiary/aromatic N) is 1. The highest BCUT2D eigenvalue weighted by Crippen LogP contribution is 2.23. The highest BCUT2D eigenvalue weighted by Gasteiger charge is 2.11. The second-order valence-electron chi connectivity index (χ2n) is 4.56. The molecule has 0 aliphatic heterocycles. The average Bonchev–Trinajstić information content (AvgIpc) is 2.48. The van der Waals surface area contributed by atoms with E-state index in [1.807, 2.05) is 37.3 Å². The lowest BCUT2D eigenvalue weighted by Crippen LogP contribution is -2.25. The zero-order valence-corrected chi connectivity index (χ0v) is 12.7. The van der Waals surface area contributed by atoms with Gasteiger partial charge in [0.15, 0.2) is 0 Å². The van der Waals surface area contributed by atoms with Gasteiger partial charge in [-0.15, -0.1) is 0 Å². The molecule has 0 unspecified atom stereocenters. The van der Waals surface area contributed by atoms with Gasteiger partial charge in [0.2, 0.25) is 5.24 Å². The molecule has 0 spiro atoms. The Kier molecular flexibility index (Phi) is 4.81. The van der Waals surface area contributed by atoms with Crippen molar-refractivity contribution in [3.8, 4) is 17.0 Å². The van der Waals surface area contributed by atoms with Gasteiger partial charge in [0.25, 0.3) is 5.56 Å². The van der Waals surface area contributed by atoms with Gasteiger partial charge in [-0.1, -0.05) is 18.2 Å². The molecule has 1 aromatic heterocycles. The van der Waals surface area contributed by atoms with Crippen LogP contribution in [0.3, 0.4) is 0 Å². The van der Waals surface area contributed by atoms with Crippen LogP contribution in [-0.2, 0) is 17.8 Å². The van der Waals surface area contributed by atoms with Crippen molar-refractivity contribution in [1.82, 2.24) is 4.57 Å². The molecule has 0 aliphatic carbocycles. The van der Waals surface area contributed by atoms with Crippen LogP contribution in [0.1, 0.15) is 12.5 Å². The Morgan fingerprint density at radius 2 is 2.05 bits per heavy atom. The van der Waals surface area contributed by atoms with Crippen molar-refractivity contribution in [2.75, 3.05) is 7.11 Å². The normalized spacial score (nSPS) is 10.4. The number of halogens is 1. The van der Waals surface area contributed by atoms with Crippen LogP contribution in [0.25, 0.3) is 11.3 Å². The molecule has 0 N–H and O–H groups in total. The first kappa shape index (κ1) is 15.3. The van der Waals surface area contributed by atoms with Crippen molar-refractivity contribution in [3.63, 3.8) is 0 Å². The van der Waals surface area contributed by atoms with Gasteiger partial charge in [-0.25, -0.2) is 0 Å². The molecule has 5 heteroatoms. The van der Waals surface area contributed by atoms with Crippen molar-refractivity contribution < 1.29 is 9.53 Å². The fourth-order valence-electron chi connectivity index (χ4n) is 2.26. The molecule has 0 radical (unpaired) electrons. The lowest BCUT2D eigenvalue weighted by atomic mass is 10.1. The standard InChI is InChI=1S/C16H16ClNO3/c1-3-18-14(11-5-4-6-13(9-11)21-2)8-7-12(16(18)20)10-15(17)19/h4-9H,3,10H2,1-2H3. The fourth-order valence-corrected chi connectivity index (χ4v) is 2.40. The van der Waals surface area contributed by atoms with Crippen LogP contribution in [0.2, 0.25) is 0 Å². The first-order chi connectivity index (χ1) is 10.1. The third kappa shape index (κ3) is 3.34. The molecule has 0 bridgehead atoms. The van der Waals surface area contributed by atoms with E-state index in [1.54, 1.807) is 17.7 Å². The predicted octanol–water partition coefficient (Wildman–Crippen LogP) is 2.85. The number of carbonyl (C=O) groups is 1. The lowest BCUT2D eigenvalue weighted by Gasteiger charge is -2.13. The molecule has 0 atom stereocenters. The molecule has 4 nitrogen and oxygen atoms in total. The molecule has 1 aromatic carbocycles. The van der Waals surface area contributed by atoms with Crippen molar-refractivity contribution in [3.05, 3.63) is 52.3 Å². The first-order valence-corrected chi connectivity index (χ1v) is 7.00. The third-order valence-electron chi connectivity index (χ3n) is 3.26. The van der Waals surface area contributed by atoms with Crippen molar-refractivity contribution >= 4 is 16.8 Å². The van der Waals surface area contributed by atoms with E-state index < -0.39 is 5.24 Å². The maximum atomic E-state index is 12.4. The molecule has 2 rings (SSSR count). The Bertz CT molecular complexity index is 722. The van der Waals surface area contributed by atoms with Gasteiger partial charge in [-0.05, 0) is 36.7 Å². The van der Waals surface area contributed by atoms with Crippen LogP contribution < -0.4 is 10.3 Å². The van der Waals surface area contributed by atoms with Crippen LogP contribution in [0.4, 0.5) is 0 Å². The second kappa shape index (κ2) is 6.59. The van der Waals surface area contributed by atoms with Gasteiger partial charge in [0.05, 0.1) is 19.2 Å². The molecular weight excluding hydrogens is 290 g/mol. The summed E-state index contributed by atoms with van der Waals surface area (Å²) < 4.78 is 6.84. The molecule has 0 amide bonds. The predicted molar refractivity (Wildman–Crippen MR) is 82.9 cm³/mol. The minimum absolute atomic E-state index is 0.0568. The number of ether oxygens (including phenoxy) is 1. The summed E-state index contributed by atoms with van der Waals surface area (Å²) in [5, 5.41) is -0.538. The van der Waals surface area contributed by atoms with E-state index in [-0.39, 0.29) is 12.0 Å². The highest BCUT2D eigenvalue weighted by atomic mass is 35.5. The Morgan fingerprint density at radius 1 is 1.29 bits per heavy atom. The third-order valence-corrected chi connectivity index (χ3v) is 3.40. The Morgan fingerprint density at radius 3 is 2.67 bits per heavy atom. The van der Waals surface area contributed by atoms with Gasteiger partial charge in [0.1, 0.15) is 5.75 Å². The molecule has 1 heterocycles. The van der Waals surface area contributed by atoms with Gasteiger partial charge < -0.3 is 9.30 Å². The van der Waals surface area contributed by atoms with Gasteiger partial charge in [-0.3, -0.25) is 9.59 Å². The van der Waals surface area contributed by atoms with E-state index in [0.717, 1.165) is 17.0 Å². The number of methoxy groups -OCH3 is 1. The number of rotatable bonds is 5. The largest absolute Gasteiger partial charge is 0.497 e. The van der Waals surface area contributed by atoms with E-state index in [0.29, 0.717) is 12.1 Å². The van der Waals surface area contributed by atoms with Crippen LogP contribution in [0.5, 0.6) is 5.75 Å². The number of aromatic nitrogens is 1. The fraction of sp³-hybridized carbons (Fsp3) is 0.250. The average molecular weight is 306 g/mol. The van der Waals surface area contributed by atoms with Crippen molar-refractivity contribution in [2.45, 2.75) is 19.9 Å². The highest BCUT2D eigenvalue weighted by molar-refractivity contribution is 6.63. The maximum Gasteiger partial charge on any atom is 0.254 e. The molecule has 21 heavy (non-hydrogen) atoms. The Labute approximate surface area is 127 Å². The van der Waals surface area contributed by atoms with E-state index >= 15 is 0 Å². The number of hydrogen-bond acceptors (Lipinski definition) is 3. The zero-order valence-electron chi connectivity index (χ0n) is 11.9. The van der Waals surface area contributed by atoms with Gasteiger partial charge >= 0.3 is 0 Å². The molecule has 0 fully saturated rings. The number of pyridine rings is 1. The summed E-state index contributed by atoms with van der Waals surface area (Å²) in [5.74, 6) is 0.725.